The van der Waals surface area contributed by atoms with Crippen LogP contribution in [0.25, 0.3) is 0 Å². The van der Waals surface area contributed by atoms with Gasteiger partial charge in [0.05, 0.1) is 16.4 Å². The molecule has 0 saturated carbocycles. The van der Waals surface area contributed by atoms with E-state index in [9.17, 15) is 18.0 Å². The summed E-state index contributed by atoms with van der Waals surface area (Å²) in [6.45, 7) is 7.22. The van der Waals surface area contributed by atoms with Crippen molar-refractivity contribution in [1.29, 1.82) is 0 Å². The average Bonchev–Trinajstić information content (AvgIpc) is 3.23. The fourth-order valence-electron chi connectivity index (χ4n) is 4.78. The Labute approximate surface area is 195 Å². The Kier molecular flexibility index (Phi) is 6.47. The largest absolute Gasteiger partial charge is 0.368 e. The normalized spacial score (nSPS) is 19.0. The first-order chi connectivity index (χ1) is 15.7. The SMILES string of the molecule is CCc1cc(C)ccc1N1CCN(C(=O)c2ccc(C3CCNC3=O)cc2S(C)(=O)=O)CC1. The summed E-state index contributed by atoms with van der Waals surface area (Å²) in [5.74, 6) is -0.759. The molecule has 0 radical (unpaired) electrons. The highest BCUT2D eigenvalue weighted by Crippen LogP contribution is 2.29. The number of anilines is 1. The molecule has 176 valence electrons. The molecule has 0 bridgehead atoms. The lowest BCUT2D eigenvalue weighted by molar-refractivity contribution is -0.120. The number of nitrogens with zero attached hydrogens (tertiary/aromatic N) is 2. The number of nitrogens with one attached hydrogen (secondary N) is 1. The highest BCUT2D eigenvalue weighted by atomic mass is 32.2. The van der Waals surface area contributed by atoms with Gasteiger partial charge in [-0.2, -0.15) is 0 Å². The zero-order chi connectivity index (χ0) is 23.8. The van der Waals surface area contributed by atoms with Crippen LogP contribution >= 0.6 is 0 Å². The molecule has 7 nitrogen and oxygen atoms in total. The van der Waals surface area contributed by atoms with E-state index in [1.807, 2.05) is 0 Å². The summed E-state index contributed by atoms with van der Waals surface area (Å²) >= 11 is 0. The van der Waals surface area contributed by atoms with Crippen molar-refractivity contribution in [3.05, 3.63) is 58.7 Å². The average molecular weight is 470 g/mol. The van der Waals surface area contributed by atoms with Gasteiger partial charge in [-0.1, -0.05) is 30.7 Å². The summed E-state index contributed by atoms with van der Waals surface area (Å²) in [6, 6.07) is 11.3. The Bertz CT molecular complexity index is 1180. The van der Waals surface area contributed by atoms with E-state index < -0.39 is 9.84 Å². The summed E-state index contributed by atoms with van der Waals surface area (Å²) < 4.78 is 25.1. The van der Waals surface area contributed by atoms with Crippen LogP contribution in [0, 0.1) is 6.92 Å². The van der Waals surface area contributed by atoms with Gasteiger partial charge in [0.1, 0.15) is 0 Å². The van der Waals surface area contributed by atoms with Gasteiger partial charge in [-0.15, -0.1) is 0 Å². The molecule has 2 heterocycles. The number of benzene rings is 2. The van der Waals surface area contributed by atoms with Gasteiger partial charge in [0.25, 0.3) is 5.91 Å². The molecule has 2 saturated heterocycles. The van der Waals surface area contributed by atoms with E-state index in [2.05, 4.69) is 42.3 Å². The van der Waals surface area contributed by atoms with E-state index in [1.165, 1.54) is 22.9 Å². The van der Waals surface area contributed by atoms with Crippen LogP contribution in [-0.4, -0.2) is 64.1 Å². The van der Waals surface area contributed by atoms with Gasteiger partial charge < -0.3 is 15.1 Å². The third kappa shape index (κ3) is 4.76. The second-order valence-electron chi connectivity index (χ2n) is 8.93. The molecular formula is C25H31N3O4S. The Morgan fingerprint density at radius 3 is 2.42 bits per heavy atom. The van der Waals surface area contributed by atoms with Crippen molar-refractivity contribution in [3.8, 4) is 0 Å². The number of hydrogen-bond acceptors (Lipinski definition) is 5. The molecule has 2 amide bonds. The molecule has 0 aromatic heterocycles. The summed E-state index contributed by atoms with van der Waals surface area (Å²) in [5.41, 5.74) is 4.54. The van der Waals surface area contributed by atoms with E-state index in [0.717, 1.165) is 12.7 Å². The van der Waals surface area contributed by atoms with Gasteiger partial charge in [-0.05, 0) is 49.1 Å². The van der Waals surface area contributed by atoms with Crippen LogP contribution in [0.4, 0.5) is 5.69 Å². The lowest BCUT2D eigenvalue weighted by Gasteiger charge is -2.37. The maximum atomic E-state index is 13.3. The quantitative estimate of drug-likeness (QED) is 0.727. The van der Waals surface area contributed by atoms with Crippen LogP contribution < -0.4 is 10.2 Å². The molecule has 4 rings (SSSR count). The number of rotatable bonds is 5. The van der Waals surface area contributed by atoms with Gasteiger partial charge in [0.2, 0.25) is 5.91 Å². The molecule has 0 spiro atoms. The number of hydrogen-bond donors (Lipinski definition) is 1. The van der Waals surface area contributed by atoms with Crippen LogP contribution in [0.5, 0.6) is 0 Å². The first-order valence-corrected chi connectivity index (χ1v) is 13.3. The molecule has 2 aliphatic rings. The molecule has 2 aromatic carbocycles. The molecule has 1 atom stereocenters. The van der Waals surface area contributed by atoms with Crippen molar-refractivity contribution in [3.63, 3.8) is 0 Å². The molecule has 1 unspecified atom stereocenters. The third-order valence-electron chi connectivity index (χ3n) is 6.61. The standard InChI is InChI=1S/C25H31N3O4S/c1-4-18-15-17(2)5-8-22(18)27-11-13-28(14-12-27)25(30)21-7-6-19(16-23(21)33(3,31)32)20-9-10-26-24(20)29/h5-8,15-16,20H,4,9-14H2,1-3H3,(H,26,29). The Balaban J connectivity index is 1.55. The molecule has 0 aliphatic carbocycles. The Morgan fingerprint density at radius 1 is 1.09 bits per heavy atom. The van der Waals surface area contributed by atoms with Crippen LogP contribution in [0.15, 0.2) is 41.3 Å². The molecular weight excluding hydrogens is 438 g/mol. The van der Waals surface area contributed by atoms with E-state index >= 15 is 0 Å². The van der Waals surface area contributed by atoms with Crippen molar-refractivity contribution in [2.75, 3.05) is 43.9 Å². The highest BCUT2D eigenvalue weighted by Gasteiger charge is 2.30. The van der Waals surface area contributed by atoms with Gasteiger partial charge in [0, 0.05) is 44.7 Å². The van der Waals surface area contributed by atoms with Gasteiger partial charge in [0.15, 0.2) is 9.84 Å². The van der Waals surface area contributed by atoms with Crippen LogP contribution in [0.2, 0.25) is 0 Å². The molecule has 2 aliphatic heterocycles. The van der Waals surface area contributed by atoms with Gasteiger partial charge in [-0.25, -0.2) is 8.42 Å². The van der Waals surface area contributed by atoms with E-state index in [0.29, 0.717) is 44.7 Å². The first-order valence-electron chi connectivity index (χ1n) is 11.4. The lowest BCUT2D eigenvalue weighted by atomic mass is 9.96. The minimum atomic E-state index is -3.64. The third-order valence-corrected chi connectivity index (χ3v) is 7.75. The molecule has 1 N–H and O–H groups in total. The highest BCUT2D eigenvalue weighted by molar-refractivity contribution is 7.90. The predicted octanol–water partition coefficient (Wildman–Crippen LogP) is 2.53. The molecule has 2 fully saturated rings. The van der Waals surface area contributed by atoms with Crippen molar-refractivity contribution in [1.82, 2.24) is 10.2 Å². The molecule has 2 aromatic rings. The maximum Gasteiger partial charge on any atom is 0.255 e. The fourth-order valence-corrected chi connectivity index (χ4v) is 5.68. The number of carbonyl (C=O) groups is 2. The van der Waals surface area contributed by atoms with E-state index in [4.69, 9.17) is 0 Å². The monoisotopic (exact) mass is 469 g/mol. The van der Waals surface area contributed by atoms with Crippen LogP contribution in [0.3, 0.4) is 0 Å². The minimum Gasteiger partial charge on any atom is -0.368 e. The van der Waals surface area contributed by atoms with Gasteiger partial charge in [-0.3, -0.25) is 9.59 Å². The van der Waals surface area contributed by atoms with Crippen molar-refractivity contribution in [2.24, 2.45) is 0 Å². The number of aryl methyl sites for hydroxylation is 2. The van der Waals surface area contributed by atoms with Gasteiger partial charge >= 0.3 is 0 Å². The number of sulfone groups is 1. The van der Waals surface area contributed by atoms with Crippen molar-refractivity contribution < 1.29 is 18.0 Å². The van der Waals surface area contributed by atoms with E-state index in [-0.39, 0.29) is 28.2 Å². The zero-order valence-electron chi connectivity index (χ0n) is 19.4. The molecule has 8 heteroatoms. The number of piperazine rings is 1. The summed E-state index contributed by atoms with van der Waals surface area (Å²) in [6.07, 6.45) is 2.68. The second kappa shape index (κ2) is 9.17. The maximum absolute atomic E-state index is 13.3. The summed E-state index contributed by atoms with van der Waals surface area (Å²) in [7, 11) is -3.64. The minimum absolute atomic E-state index is 0.000988. The summed E-state index contributed by atoms with van der Waals surface area (Å²) in [5, 5.41) is 2.78. The van der Waals surface area contributed by atoms with Crippen molar-refractivity contribution in [2.45, 2.75) is 37.5 Å². The number of amides is 2. The smallest absolute Gasteiger partial charge is 0.255 e. The Hall–Kier alpha value is -2.87. The van der Waals surface area contributed by atoms with Crippen molar-refractivity contribution >= 4 is 27.3 Å². The number of carbonyl (C=O) groups excluding carboxylic acids is 2. The molecule has 33 heavy (non-hydrogen) atoms. The predicted molar refractivity (Wildman–Crippen MR) is 129 cm³/mol. The fraction of sp³-hybridized carbons (Fsp3) is 0.440. The first kappa shape index (κ1) is 23.3. The van der Waals surface area contributed by atoms with E-state index in [1.54, 1.807) is 17.0 Å². The zero-order valence-corrected chi connectivity index (χ0v) is 20.2. The van der Waals surface area contributed by atoms with Crippen LogP contribution in [0.1, 0.15) is 46.3 Å². The lowest BCUT2D eigenvalue weighted by Crippen LogP contribution is -2.49. The van der Waals surface area contributed by atoms with Crippen LogP contribution in [-0.2, 0) is 21.1 Å². The topological polar surface area (TPSA) is 86.8 Å². The Morgan fingerprint density at radius 2 is 1.82 bits per heavy atom. The second-order valence-corrected chi connectivity index (χ2v) is 10.9. The summed E-state index contributed by atoms with van der Waals surface area (Å²) in [4.78, 5) is 29.4.